The van der Waals surface area contributed by atoms with Crippen LogP contribution >= 0.6 is 22.7 Å². The zero-order chi connectivity index (χ0) is 18.3. The molecule has 0 saturated carbocycles. The van der Waals surface area contributed by atoms with Gasteiger partial charge in [-0.3, -0.25) is 4.90 Å². The quantitative estimate of drug-likeness (QED) is 0.694. The Labute approximate surface area is 162 Å². The highest BCUT2D eigenvalue weighted by molar-refractivity contribution is 7.18. The van der Waals surface area contributed by atoms with E-state index in [9.17, 15) is 0 Å². The van der Waals surface area contributed by atoms with E-state index < -0.39 is 0 Å². The van der Waals surface area contributed by atoms with Gasteiger partial charge in [-0.15, -0.1) is 22.7 Å². The Hall–Kier alpha value is -1.57. The maximum atomic E-state index is 4.91. The van der Waals surface area contributed by atoms with Crippen molar-refractivity contribution in [3.8, 4) is 0 Å². The van der Waals surface area contributed by atoms with E-state index in [1.807, 2.05) is 0 Å². The van der Waals surface area contributed by atoms with Crippen LogP contribution in [0.2, 0.25) is 0 Å². The number of nitrogens with zero attached hydrogens (tertiary/aromatic N) is 4. The number of thiazole rings is 1. The molecule has 0 radical (unpaired) electrons. The van der Waals surface area contributed by atoms with Gasteiger partial charge in [-0.1, -0.05) is 0 Å². The van der Waals surface area contributed by atoms with Gasteiger partial charge in [0.2, 0.25) is 0 Å². The summed E-state index contributed by atoms with van der Waals surface area (Å²) in [6, 6.07) is 0. The van der Waals surface area contributed by atoms with Crippen molar-refractivity contribution in [2.45, 2.75) is 53.6 Å². The third-order valence-electron chi connectivity index (χ3n) is 5.06. The standard InChI is InChI=1S/C19H25N5S2/c1-11-12(2)26-19-17(11)18(20-9-15-13(3)25-14(4)21-15)22-16(23-19)10-24-7-5-6-8-24/h5-10H2,1-4H3,(H,20,22,23). The number of aryl methyl sites for hydroxylation is 4. The number of hydrogen-bond acceptors (Lipinski definition) is 7. The molecule has 1 fully saturated rings. The number of thiophene rings is 1. The van der Waals surface area contributed by atoms with E-state index in [1.165, 1.54) is 33.5 Å². The summed E-state index contributed by atoms with van der Waals surface area (Å²) in [5.41, 5.74) is 2.40. The topological polar surface area (TPSA) is 53.9 Å². The summed E-state index contributed by atoms with van der Waals surface area (Å²) >= 11 is 3.52. The van der Waals surface area contributed by atoms with Crippen LogP contribution in [-0.4, -0.2) is 32.9 Å². The largest absolute Gasteiger partial charge is 0.364 e. The molecule has 4 heterocycles. The molecule has 0 amide bonds. The van der Waals surface area contributed by atoms with Crippen LogP contribution < -0.4 is 5.32 Å². The number of fused-ring (bicyclic) bond motifs is 1. The van der Waals surface area contributed by atoms with Crippen molar-refractivity contribution >= 4 is 38.7 Å². The average Bonchev–Trinajstić information content (AvgIpc) is 3.27. The molecule has 1 aliphatic rings. The van der Waals surface area contributed by atoms with Crippen molar-refractivity contribution in [2.75, 3.05) is 18.4 Å². The normalized spacial score (nSPS) is 15.2. The fourth-order valence-electron chi connectivity index (χ4n) is 3.54. The molecule has 0 spiro atoms. The lowest BCUT2D eigenvalue weighted by molar-refractivity contribution is 0.323. The van der Waals surface area contributed by atoms with Crippen LogP contribution in [0.5, 0.6) is 0 Å². The summed E-state index contributed by atoms with van der Waals surface area (Å²) < 4.78 is 0. The van der Waals surface area contributed by atoms with Crippen molar-refractivity contribution < 1.29 is 0 Å². The zero-order valence-electron chi connectivity index (χ0n) is 15.8. The number of rotatable bonds is 5. The van der Waals surface area contributed by atoms with E-state index in [4.69, 9.17) is 9.97 Å². The number of anilines is 1. The number of likely N-dealkylation sites (tertiary alicyclic amines) is 1. The summed E-state index contributed by atoms with van der Waals surface area (Å²) in [5, 5.41) is 5.84. The van der Waals surface area contributed by atoms with Crippen molar-refractivity contribution in [3.05, 3.63) is 31.8 Å². The highest BCUT2D eigenvalue weighted by Crippen LogP contribution is 2.34. The van der Waals surface area contributed by atoms with Gasteiger partial charge >= 0.3 is 0 Å². The Bertz CT molecular complexity index is 937. The van der Waals surface area contributed by atoms with Gasteiger partial charge in [-0.25, -0.2) is 15.0 Å². The first-order valence-electron chi connectivity index (χ1n) is 9.17. The maximum Gasteiger partial charge on any atom is 0.146 e. The molecule has 0 atom stereocenters. The third kappa shape index (κ3) is 3.48. The predicted molar refractivity (Wildman–Crippen MR) is 110 cm³/mol. The van der Waals surface area contributed by atoms with Crippen molar-refractivity contribution in [3.63, 3.8) is 0 Å². The first kappa shape index (κ1) is 17.8. The van der Waals surface area contributed by atoms with Gasteiger partial charge in [0.25, 0.3) is 0 Å². The van der Waals surface area contributed by atoms with Gasteiger partial charge in [-0.05, 0) is 59.2 Å². The number of nitrogens with one attached hydrogen (secondary N) is 1. The van der Waals surface area contributed by atoms with Crippen LogP contribution in [0.15, 0.2) is 0 Å². The van der Waals surface area contributed by atoms with Crippen LogP contribution in [0, 0.1) is 27.7 Å². The molecule has 3 aromatic heterocycles. The third-order valence-corrected chi connectivity index (χ3v) is 7.09. The second-order valence-corrected chi connectivity index (χ2v) is 9.63. The molecule has 3 aromatic rings. The summed E-state index contributed by atoms with van der Waals surface area (Å²) in [7, 11) is 0. The Balaban J connectivity index is 1.66. The fraction of sp³-hybridized carbons (Fsp3) is 0.526. The second-order valence-electron chi connectivity index (χ2n) is 7.02. The smallest absolute Gasteiger partial charge is 0.146 e. The SMILES string of the molecule is Cc1nc(CNc2nc(CN3CCCC3)nc3sc(C)c(C)c23)c(C)s1. The van der Waals surface area contributed by atoms with Gasteiger partial charge in [0.05, 0.1) is 29.2 Å². The van der Waals surface area contributed by atoms with Crippen molar-refractivity contribution in [2.24, 2.45) is 0 Å². The summed E-state index contributed by atoms with van der Waals surface area (Å²) in [5.74, 6) is 1.88. The molecule has 1 N–H and O–H groups in total. The summed E-state index contributed by atoms with van der Waals surface area (Å²) in [6.45, 7) is 12.4. The molecule has 138 valence electrons. The molecule has 0 aliphatic carbocycles. The lowest BCUT2D eigenvalue weighted by Crippen LogP contribution is -2.20. The first-order valence-corrected chi connectivity index (χ1v) is 10.8. The summed E-state index contributed by atoms with van der Waals surface area (Å²) in [4.78, 5) is 20.6. The Morgan fingerprint density at radius 3 is 2.42 bits per heavy atom. The molecule has 0 aromatic carbocycles. The lowest BCUT2D eigenvalue weighted by Gasteiger charge is -2.15. The minimum Gasteiger partial charge on any atom is -0.364 e. The van der Waals surface area contributed by atoms with Crippen LogP contribution in [0.4, 0.5) is 5.82 Å². The van der Waals surface area contributed by atoms with E-state index in [2.05, 4.69) is 42.9 Å². The molecule has 0 bridgehead atoms. The Morgan fingerprint density at radius 2 is 1.73 bits per heavy atom. The van der Waals surface area contributed by atoms with Crippen LogP contribution in [-0.2, 0) is 13.1 Å². The molecule has 1 saturated heterocycles. The maximum absolute atomic E-state index is 4.91. The molecule has 7 heteroatoms. The average molecular weight is 388 g/mol. The van der Waals surface area contributed by atoms with Crippen molar-refractivity contribution in [1.29, 1.82) is 0 Å². The summed E-state index contributed by atoms with van der Waals surface area (Å²) in [6.07, 6.45) is 2.57. The highest BCUT2D eigenvalue weighted by atomic mass is 32.1. The van der Waals surface area contributed by atoms with E-state index in [0.717, 1.165) is 46.8 Å². The van der Waals surface area contributed by atoms with E-state index in [0.29, 0.717) is 6.54 Å². The van der Waals surface area contributed by atoms with Crippen molar-refractivity contribution in [1.82, 2.24) is 19.9 Å². The zero-order valence-corrected chi connectivity index (χ0v) is 17.5. The number of hydrogen-bond donors (Lipinski definition) is 1. The Kier molecular flexibility index (Phi) is 4.94. The van der Waals surface area contributed by atoms with Crippen LogP contribution in [0.25, 0.3) is 10.2 Å². The molecule has 5 nitrogen and oxygen atoms in total. The fourth-order valence-corrected chi connectivity index (χ4v) is 5.42. The van der Waals surface area contributed by atoms with Gasteiger partial charge in [0, 0.05) is 9.75 Å². The molecule has 1 aliphatic heterocycles. The lowest BCUT2D eigenvalue weighted by atomic mass is 10.2. The van der Waals surface area contributed by atoms with E-state index in [-0.39, 0.29) is 0 Å². The molecule has 26 heavy (non-hydrogen) atoms. The molecular weight excluding hydrogens is 362 g/mol. The van der Waals surface area contributed by atoms with Crippen LogP contribution in [0.1, 0.15) is 44.7 Å². The first-order chi connectivity index (χ1) is 12.5. The van der Waals surface area contributed by atoms with Gasteiger partial charge < -0.3 is 5.32 Å². The van der Waals surface area contributed by atoms with Gasteiger partial charge in [0.1, 0.15) is 16.5 Å². The van der Waals surface area contributed by atoms with E-state index >= 15 is 0 Å². The monoisotopic (exact) mass is 387 g/mol. The second kappa shape index (κ2) is 7.21. The highest BCUT2D eigenvalue weighted by Gasteiger charge is 2.18. The van der Waals surface area contributed by atoms with Crippen LogP contribution in [0.3, 0.4) is 0 Å². The minimum absolute atomic E-state index is 0.708. The predicted octanol–water partition coefficient (Wildman–Crippen LogP) is 4.59. The van der Waals surface area contributed by atoms with Gasteiger partial charge in [0.15, 0.2) is 0 Å². The minimum atomic E-state index is 0.708. The number of aromatic nitrogens is 3. The molecular formula is C19H25N5S2. The van der Waals surface area contributed by atoms with E-state index in [1.54, 1.807) is 22.7 Å². The van der Waals surface area contributed by atoms with Gasteiger partial charge in [-0.2, -0.15) is 0 Å². The molecule has 4 rings (SSSR count). The Morgan fingerprint density at radius 1 is 0.962 bits per heavy atom. The molecule has 0 unspecified atom stereocenters.